The predicted octanol–water partition coefficient (Wildman–Crippen LogP) is 0.475. The van der Waals surface area contributed by atoms with Gasteiger partial charge in [0.15, 0.2) is 0 Å². The molecule has 0 bridgehead atoms. The fourth-order valence-electron chi connectivity index (χ4n) is 2.19. The Balaban J connectivity index is 2.10. The maximum Gasteiger partial charge on any atom is 0.242 e. The first kappa shape index (κ1) is 14.5. The quantitative estimate of drug-likeness (QED) is 0.871. The molecule has 0 unspecified atom stereocenters. The Hall–Kier alpha value is -1.95. The van der Waals surface area contributed by atoms with Crippen molar-refractivity contribution in [1.29, 1.82) is 0 Å². The van der Waals surface area contributed by atoms with Crippen LogP contribution in [0.3, 0.4) is 0 Å². The van der Waals surface area contributed by atoms with Crippen LogP contribution in [0.2, 0.25) is 0 Å². The molecule has 0 radical (unpaired) electrons. The van der Waals surface area contributed by atoms with Crippen LogP contribution in [-0.2, 0) is 22.7 Å². The molecule has 1 fully saturated rings. The van der Waals surface area contributed by atoms with Crippen molar-refractivity contribution in [3.63, 3.8) is 0 Å². The van der Waals surface area contributed by atoms with E-state index in [0.29, 0.717) is 17.7 Å². The number of nitrogens with two attached hydrogens (primary N) is 1. The molecule has 2 N–H and O–H groups in total. The zero-order chi connectivity index (χ0) is 14.7. The second kappa shape index (κ2) is 6.00. The zero-order valence-corrected chi connectivity index (χ0v) is 11.4. The molecule has 6 heteroatoms. The lowest BCUT2D eigenvalue weighted by Crippen LogP contribution is -2.53. The van der Waals surface area contributed by atoms with E-state index in [1.807, 2.05) is 6.92 Å². The molecule has 0 aliphatic carbocycles. The minimum Gasteiger partial charge on any atom is -0.332 e. The third kappa shape index (κ3) is 2.96. The number of nitrogens with zero attached hydrogens (tertiary/aromatic N) is 2. The monoisotopic (exact) mass is 279 g/mol. The number of hydrogen-bond acceptors (Lipinski definition) is 3. The number of hydrogen-bond donors (Lipinski definition) is 1. The van der Waals surface area contributed by atoms with Gasteiger partial charge in [0.2, 0.25) is 11.8 Å². The summed E-state index contributed by atoms with van der Waals surface area (Å²) in [7, 11) is 0. The maximum atomic E-state index is 13.9. The number of rotatable bonds is 4. The third-order valence-corrected chi connectivity index (χ3v) is 3.45. The lowest BCUT2D eigenvalue weighted by molar-refractivity contribution is -0.150. The van der Waals surface area contributed by atoms with Crippen LogP contribution in [-0.4, -0.2) is 41.2 Å². The Labute approximate surface area is 117 Å². The summed E-state index contributed by atoms with van der Waals surface area (Å²) in [5.41, 5.74) is 6.54. The van der Waals surface area contributed by atoms with Gasteiger partial charge in [0, 0.05) is 25.2 Å². The lowest BCUT2D eigenvalue weighted by atomic mass is 10.1. The van der Waals surface area contributed by atoms with Crippen LogP contribution in [0, 0.1) is 5.82 Å². The molecule has 1 aromatic rings. The van der Waals surface area contributed by atoms with Crippen molar-refractivity contribution < 1.29 is 14.0 Å². The average molecular weight is 279 g/mol. The van der Waals surface area contributed by atoms with Crippen molar-refractivity contribution >= 4 is 11.8 Å². The number of carbonyl (C=O) groups excluding carboxylic acids is 2. The van der Waals surface area contributed by atoms with E-state index < -0.39 is 5.82 Å². The van der Waals surface area contributed by atoms with Crippen molar-refractivity contribution in [2.45, 2.75) is 20.0 Å². The Bertz CT molecular complexity index is 533. The first-order valence-electron chi connectivity index (χ1n) is 6.58. The first-order valence-corrected chi connectivity index (χ1v) is 6.58. The highest BCUT2D eigenvalue weighted by Gasteiger charge is 2.29. The van der Waals surface area contributed by atoms with E-state index in [4.69, 9.17) is 5.73 Å². The molecule has 1 saturated heterocycles. The highest BCUT2D eigenvalue weighted by atomic mass is 19.1. The number of halogens is 1. The Morgan fingerprint density at radius 2 is 1.85 bits per heavy atom. The van der Waals surface area contributed by atoms with Gasteiger partial charge in [-0.15, -0.1) is 0 Å². The van der Waals surface area contributed by atoms with Crippen LogP contribution in [0.1, 0.15) is 18.1 Å². The number of carbonyl (C=O) groups is 2. The van der Waals surface area contributed by atoms with Crippen LogP contribution in [0.4, 0.5) is 4.39 Å². The number of benzene rings is 1. The average Bonchev–Trinajstić information content (AvgIpc) is 2.44. The fraction of sp³-hybridized carbons (Fsp3) is 0.429. The number of likely N-dealkylation sites (N-methyl/N-ethyl adjacent to an activating group) is 1. The van der Waals surface area contributed by atoms with Gasteiger partial charge in [-0.25, -0.2) is 4.39 Å². The molecule has 5 nitrogen and oxygen atoms in total. The van der Waals surface area contributed by atoms with Crippen molar-refractivity contribution in [2.24, 2.45) is 5.73 Å². The molecule has 1 heterocycles. The van der Waals surface area contributed by atoms with Gasteiger partial charge in [-0.3, -0.25) is 9.59 Å². The van der Waals surface area contributed by atoms with E-state index in [2.05, 4.69) is 0 Å². The van der Waals surface area contributed by atoms with E-state index in [1.165, 1.54) is 15.9 Å². The summed E-state index contributed by atoms with van der Waals surface area (Å²) in [6.45, 7) is 2.79. The van der Waals surface area contributed by atoms with Gasteiger partial charge < -0.3 is 15.5 Å². The first-order chi connectivity index (χ1) is 9.55. The summed E-state index contributed by atoms with van der Waals surface area (Å²) in [6, 6.07) is 4.71. The van der Waals surface area contributed by atoms with Crippen LogP contribution >= 0.6 is 0 Å². The van der Waals surface area contributed by atoms with Crippen molar-refractivity contribution in [2.75, 3.05) is 19.6 Å². The van der Waals surface area contributed by atoms with Gasteiger partial charge in [-0.1, -0.05) is 12.1 Å². The molecular weight excluding hydrogens is 261 g/mol. The molecule has 2 rings (SSSR count). The largest absolute Gasteiger partial charge is 0.332 e. The zero-order valence-electron chi connectivity index (χ0n) is 11.4. The van der Waals surface area contributed by atoms with Crippen molar-refractivity contribution in [1.82, 2.24) is 9.80 Å². The minimum atomic E-state index is -0.397. The molecule has 0 aromatic heterocycles. The molecule has 20 heavy (non-hydrogen) atoms. The van der Waals surface area contributed by atoms with E-state index in [9.17, 15) is 14.0 Å². The van der Waals surface area contributed by atoms with Crippen LogP contribution < -0.4 is 5.73 Å². The van der Waals surface area contributed by atoms with Gasteiger partial charge in [0.05, 0.1) is 6.54 Å². The molecule has 0 spiro atoms. The SMILES string of the molecule is CCN1CC(=O)N(Cc2ccc(CN)cc2F)CC1=O. The Morgan fingerprint density at radius 1 is 1.20 bits per heavy atom. The standard InChI is InChI=1S/C14H18FN3O2/c1-2-17-8-14(20)18(9-13(17)19)7-11-4-3-10(6-16)5-12(11)15/h3-5H,2,6-9,16H2,1H3. The normalized spacial score (nSPS) is 15.9. The summed E-state index contributed by atoms with van der Waals surface area (Å²) in [5.74, 6) is -0.661. The topological polar surface area (TPSA) is 66.6 Å². The van der Waals surface area contributed by atoms with Gasteiger partial charge >= 0.3 is 0 Å². The summed E-state index contributed by atoms with van der Waals surface area (Å²) in [6.07, 6.45) is 0. The molecule has 1 aliphatic heterocycles. The van der Waals surface area contributed by atoms with E-state index in [0.717, 1.165) is 0 Å². The summed E-state index contributed by atoms with van der Waals surface area (Å²) in [5, 5.41) is 0. The third-order valence-electron chi connectivity index (χ3n) is 3.45. The second-order valence-electron chi connectivity index (χ2n) is 4.79. The smallest absolute Gasteiger partial charge is 0.242 e. The number of piperazine rings is 1. The van der Waals surface area contributed by atoms with Crippen LogP contribution in [0.15, 0.2) is 18.2 Å². The second-order valence-corrected chi connectivity index (χ2v) is 4.79. The van der Waals surface area contributed by atoms with Gasteiger partial charge in [-0.2, -0.15) is 0 Å². The maximum absolute atomic E-state index is 13.9. The summed E-state index contributed by atoms with van der Waals surface area (Å²) < 4.78 is 13.9. The van der Waals surface area contributed by atoms with E-state index in [-0.39, 0.29) is 38.0 Å². The van der Waals surface area contributed by atoms with E-state index >= 15 is 0 Å². The highest BCUT2D eigenvalue weighted by Crippen LogP contribution is 2.15. The number of amides is 2. The lowest BCUT2D eigenvalue weighted by Gasteiger charge is -2.33. The summed E-state index contributed by atoms with van der Waals surface area (Å²) >= 11 is 0. The van der Waals surface area contributed by atoms with Gasteiger partial charge in [0.25, 0.3) is 0 Å². The fourth-order valence-corrected chi connectivity index (χ4v) is 2.19. The molecular formula is C14H18FN3O2. The molecule has 1 aliphatic rings. The van der Waals surface area contributed by atoms with E-state index in [1.54, 1.807) is 12.1 Å². The van der Waals surface area contributed by atoms with Gasteiger partial charge in [0.1, 0.15) is 12.4 Å². The highest BCUT2D eigenvalue weighted by molar-refractivity contribution is 5.92. The van der Waals surface area contributed by atoms with Crippen molar-refractivity contribution in [3.8, 4) is 0 Å². The summed E-state index contributed by atoms with van der Waals surface area (Å²) in [4.78, 5) is 26.6. The molecule has 0 saturated carbocycles. The molecule has 0 atom stereocenters. The van der Waals surface area contributed by atoms with Gasteiger partial charge in [-0.05, 0) is 18.6 Å². The molecule has 108 valence electrons. The Morgan fingerprint density at radius 3 is 2.45 bits per heavy atom. The predicted molar refractivity (Wildman–Crippen MR) is 72.0 cm³/mol. The minimum absolute atomic E-state index is 0.00472. The van der Waals surface area contributed by atoms with Crippen LogP contribution in [0.25, 0.3) is 0 Å². The molecule has 1 aromatic carbocycles. The van der Waals surface area contributed by atoms with Crippen molar-refractivity contribution in [3.05, 3.63) is 35.1 Å². The Kier molecular flexibility index (Phi) is 4.34. The van der Waals surface area contributed by atoms with Crippen LogP contribution in [0.5, 0.6) is 0 Å². The molecule has 2 amide bonds.